The van der Waals surface area contributed by atoms with E-state index in [0.717, 1.165) is 6.42 Å². The predicted octanol–water partition coefficient (Wildman–Crippen LogP) is 1.72. The summed E-state index contributed by atoms with van der Waals surface area (Å²) in [5.41, 5.74) is 6.24. The molecule has 5 nitrogen and oxygen atoms in total. The molecule has 0 amide bonds. The molecule has 3 N–H and O–H groups in total. The number of nitrogens with zero attached hydrogens (tertiary/aromatic N) is 1. The number of nitrogens with two attached hydrogens (primary N) is 1. The number of ether oxygens (including phenoxy) is 1. The van der Waals surface area contributed by atoms with Crippen LogP contribution in [0.5, 0.6) is 0 Å². The number of anilines is 2. The second-order valence-electron chi connectivity index (χ2n) is 4.68. The van der Waals surface area contributed by atoms with Gasteiger partial charge in [-0.3, -0.25) is 0 Å². The summed E-state index contributed by atoms with van der Waals surface area (Å²) in [6.45, 7) is 3.92. The lowest BCUT2D eigenvalue weighted by Crippen LogP contribution is -2.31. The summed E-state index contributed by atoms with van der Waals surface area (Å²) in [7, 11) is 0. The second-order valence-corrected chi connectivity index (χ2v) is 4.68. The highest BCUT2D eigenvalue weighted by molar-refractivity contribution is 5.91. The molecule has 0 aliphatic carbocycles. The SMILES string of the molecule is CC1CN(c2cc(F)c(C(=O)O)cc2N)CCCO1. The van der Waals surface area contributed by atoms with Gasteiger partial charge in [-0.15, -0.1) is 0 Å². The summed E-state index contributed by atoms with van der Waals surface area (Å²) in [5.74, 6) is -2.09. The van der Waals surface area contributed by atoms with E-state index in [2.05, 4.69) is 0 Å². The number of rotatable bonds is 2. The lowest BCUT2D eigenvalue weighted by atomic mass is 10.1. The van der Waals surface area contributed by atoms with Crippen molar-refractivity contribution in [2.45, 2.75) is 19.4 Å². The molecular weight excluding hydrogens is 251 g/mol. The topological polar surface area (TPSA) is 75.8 Å². The van der Waals surface area contributed by atoms with E-state index in [1.54, 1.807) is 0 Å². The van der Waals surface area contributed by atoms with Gasteiger partial charge in [0.25, 0.3) is 0 Å². The Morgan fingerprint density at radius 2 is 2.32 bits per heavy atom. The van der Waals surface area contributed by atoms with Crippen molar-refractivity contribution in [2.75, 3.05) is 30.3 Å². The quantitative estimate of drug-likeness (QED) is 0.799. The third-order valence-corrected chi connectivity index (χ3v) is 3.14. The van der Waals surface area contributed by atoms with Crippen LogP contribution in [0.3, 0.4) is 0 Å². The third-order valence-electron chi connectivity index (χ3n) is 3.14. The highest BCUT2D eigenvalue weighted by Crippen LogP contribution is 2.28. The van der Waals surface area contributed by atoms with Crippen LogP contribution in [0.25, 0.3) is 0 Å². The van der Waals surface area contributed by atoms with E-state index in [0.29, 0.717) is 25.4 Å². The molecule has 0 aromatic heterocycles. The Morgan fingerprint density at radius 3 is 3.00 bits per heavy atom. The molecule has 0 saturated carbocycles. The van der Waals surface area contributed by atoms with Crippen molar-refractivity contribution in [3.8, 4) is 0 Å². The normalized spacial score (nSPS) is 20.1. The molecule has 19 heavy (non-hydrogen) atoms. The van der Waals surface area contributed by atoms with Crippen molar-refractivity contribution < 1.29 is 19.0 Å². The zero-order valence-electron chi connectivity index (χ0n) is 10.7. The van der Waals surface area contributed by atoms with Gasteiger partial charge in [0.2, 0.25) is 0 Å². The van der Waals surface area contributed by atoms with Crippen LogP contribution in [0, 0.1) is 5.82 Å². The van der Waals surface area contributed by atoms with Gasteiger partial charge < -0.3 is 20.5 Å². The third kappa shape index (κ3) is 2.96. The monoisotopic (exact) mass is 268 g/mol. The van der Waals surface area contributed by atoms with Gasteiger partial charge in [0.1, 0.15) is 5.82 Å². The van der Waals surface area contributed by atoms with E-state index in [1.807, 2.05) is 11.8 Å². The van der Waals surface area contributed by atoms with E-state index in [4.69, 9.17) is 15.6 Å². The molecule has 1 saturated heterocycles. The van der Waals surface area contributed by atoms with Gasteiger partial charge in [-0.2, -0.15) is 0 Å². The number of aromatic carboxylic acids is 1. The molecule has 0 radical (unpaired) electrons. The van der Waals surface area contributed by atoms with Gasteiger partial charge in [-0.25, -0.2) is 9.18 Å². The Morgan fingerprint density at radius 1 is 1.58 bits per heavy atom. The minimum Gasteiger partial charge on any atom is -0.478 e. The molecule has 1 aromatic carbocycles. The summed E-state index contributed by atoms with van der Waals surface area (Å²) in [6, 6.07) is 2.36. The largest absolute Gasteiger partial charge is 0.478 e. The average molecular weight is 268 g/mol. The minimum atomic E-state index is -1.32. The zero-order valence-corrected chi connectivity index (χ0v) is 10.7. The molecule has 1 unspecified atom stereocenters. The van der Waals surface area contributed by atoms with Crippen molar-refractivity contribution >= 4 is 17.3 Å². The molecule has 0 bridgehead atoms. The number of benzene rings is 1. The van der Waals surface area contributed by atoms with Crippen LogP contribution >= 0.6 is 0 Å². The van der Waals surface area contributed by atoms with Gasteiger partial charge in [-0.05, 0) is 19.4 Å². The van der Waals surface area contributed by atoms with Crippen molar-refractivity contribution in [1.82, 2.24) is 0 Å². The van der Waals surface area contributed by atoms with Crippen molar-refractivity contribution in [3.05, 3.63) is 23.5 Å². The minimum absolute atomic E-state index is 0.0316. The summed E-state index contributed by atoms with van der Waals surface area (Å²) >= 11 is 0. The molecular formula is C13H17FN2O3. The maximum Gasteiger partial charge on any atom is 0.338 e. The highest BCUT2D eigenvalue weighted by Gasteiger charge is 2.20. The zero-order chi connectivity index (χ0) is 14.0. The molecule has 104 valence electrons. The predicted molar refractivity (Wildman–Crippen MR) is 70.0 cm³/mol. The van der Waals surface area contributed by atoms with E-state index in [1.165, 1.54) is 12.1 Å². The Bertz CT molecular complexity index is 493. The molecule has 1 aromatic rings. The summed E-state index contributed by atoms with van der Waals surface area (Å²) in [5, 5.41) is 8.85. The number of halogens is 1. The summed E-state index contributed by atoms with van der Waals surface area (Å²) in [6.07, 6.45) is 0.857. The lowest BCUT2D eigenvalue weighted by Gasteiger charge is -2.26. The molecule has 1 heterocycles. The number of carboxylic acids is 1. The summed E-state index contributed by atoms with van der Waals surface area (Å²) in [4.78, 5) is 12.8. The number of carboxylic acid groups (broad SMARTS) is 1. The fraction of sp³-hybridized carbons (Fsp3) is 0.462. The first-order chi connectivity index (χ1) is 8.99. The molecule has 0 spiro atoms. The number of nitrogen functional groups attached to an aromatic ring is 1. The molecule has 1 aliphatic rings. The van der Waals surface area contributed by atoms with Gasteiger partial charge in [0, 0.05) is 25.8 Å². The van der Waals surface area contributed by atoms with Crippen molar-refractivity contribution in [3.63, 3.8) is 0 Å². The van der Waals surface area contributed by atoms with E-state index < -0.39 is 17.3 Å². The first-order valence-corrected chi connectivity index (χ1v) is 6.18. The van der Waals surface area contributed by atoms with Crippen molar-refractivity contribution in [1.29, 1.82) is 0 Å². The van der Waals surface area contributed by atoms with Crippen LogP contribution in [0.15, 0.2) is 12.1 Å². The smallest absolute Gasteiger partial charge is 0.338 e. The molecule has 1 aliphatic heterocycles. The van der Waals surface area contributed by atoms with Crippen molar-refractivity contribution in [2.24, 2.45) is 0 Å². The van der Waals surface area contributed by atoms with Crippen LogP contribution in [0.1, 0.15) is 23.7 Å². The van der Waals surface area contributed by atoms with Crippen LogP contribution in [0.4, 0.5) is 15.8 Å². The highest BCUT2D eigenvalue weighted by atomic mass is 19.1. The molecule has 2 rings (SSSR count). The fourth-order valence-corrected chi connectivity index (χ4v) is 2.23. The number of hydrogen-bond donors (Lipinski definition) is 2. The first kappa shape index (κ1) is 13.6. The fourth-order valence-electron chi connectivity index (χ4n) is 2.23. The van der Waals surface area contributed by atoms with Gasteiger partial charge >= 0.3 is 5.97 Å². The first-order valence-electron chi connectivity index (χ1n) is 6.18. The Hall–Kier alpha value is -1.82. The molecule has 6 heteroatoms. The van der Waals surface area contributed by atoms with E-state index in [-0.39, 0.29) is 11.8 Å². The van der Waals surface area contributed by atoms with Gasteiger partial charge in [0.05, 0.1) is 23.0 Å². The second kappa shape index (κ2) is 5.44. The Labute approximate surface area is 110 Å². The Balaban J connectivity index is 2.34. The van der Waals surface area contributed by atoms with Gasteiger partial charge in [0.15, 0.2) is 0 Å². The molecule has 1 atom stereocenters. The Kier molecular flexibility index (Phi) is 3.90. The van der Waals surface area contributed by atoms with Crippen LogP contribution in [-0.2, 0) is 4.74 Å². The lowest BCUT2D eigenvalue weighted by molar-refractivity contribution is 0.0691. The van der Waals surface area contributed by atoms with Crippen LogP contribution in [0.2, 0.25) is 0 Å². The molecule has 1 fully saturated rings. The number of hydrogen-bond acceptors (Lipinski definition) is 4. The maximum atomic E-state index is 13.7. The number of carbonyl (C=O) groups is 1. The maximum absolute atomic E-state index is 13.7. The standard InChI is InChI=1S/C13H17FN2O3/c1-8-7-16(3-2-4-19-8)12-6-10(14)9(13(17)18)5-11(12)15/h5-6,8H,2-4,7,15H2,1H3,(H,17,18). The van der Waals surface area contributed by atoms with Crippen LogP contribution < -0.4 is 10.6 Å². The van der Waals surface area contributed by atoms with E-state index in [9.17, 15) is 9.18 Å². The summed E-state index contributed by atoms with van der Waals surface area (Å²) < 4.78 is 19.3. The average Bonchev–Trinajstić information content (AvgIpc) is 2.56. The van der Waals surface area contributed by atoms with E-state index >= 15 is 0 Å². The van der Waals surface area contributed by atoms with Crippen LogP contribution in [-0.4, -0.2) is 36.9 Å². The van der Waals surface area contributed by atoms with Gasteiger partial charge in [-0.1, -0.05) is 0 Å².